The van der Waals surface area contributed by atoms with E-state index in [4.69, 9.17) is 0 Å². The first kappa shape index (κ1) is 13.6. The lowest BCUT2D eigenvalue weighted by Gasteiger charge is -2.29. The summed E-state index contributed by atoms with van der Waals surface area (Å²) in [5.74, 6) is 0.821. The number of hydrogen-bond acceptors (Lipinski definition) is 2. The zero-order chi connectivity index (χ0) is 13.0. The lowest BCUT2D eigenvalue weighted by molar-refractivity contribution is 0.112. The van der Waals surface area contributed by atoms with Gasteiger partial charge in [-0.25, -0.2) is 0 Å². The van der Waals surface area contributed by atoms with Crippen LogP contribution in [0.25, 0.3) is 0 Å². The number of benzene rings is 1. The summed E-state index contributed by atoms with van der Waals surface area (Å²) in [6.45, 7) is 1.11. The van der Waals surface area contributed by atoms with Crippen LogP contribution in [0.4, 0.5) is 5.69 Å². The van der Waals surface area contributed by atoms with E-state index in [2.05, 4.69) is 27.9 Å². The molecule has 1 aromatic carbocycles. The zero-order valence-electron chi connectivity index (χ0n) is 10.9. The van der Waals surface area contributed by atoms with E-state index in [1.807, 2.05) is 18.2 Å². The Balaban J connectivity index is 2.03. The molecule has 0 radical (unpaired) electrons. The van der Waals surface area contributed by atoms with Crippen molar-refractivity contribution in [2.24, 2.45) is 5.92 Å². The van der Waals surface area contributed by atoms with Crippen LogP contribution in [0, 0.1) is 5.92 Å². The lowest BCUT2D eigenvalue weighted by atomic mass is 9.89. The van der Waals surface area contributed by atoms with Gasteiger partial charge in [-0.1, -0.05) is 19.3 Å². The molecule has 0 N–H and O–H groups in total. The van der Waals surface area contributed by atoms with Crippen molar-refractivity contribution >= 4 is 27.9 Å². The van der Waals surface area contributed by atoms with Gasteiger partial charge >= 0.3 is 0 Å². The molecule has 2 nitrogen and oxygen atoms in total. The van der Waals surface area contributed by atoms with E-state index in [-0.39, 0.29) is 0 Å². The molecule has 0 heterocycles. The predicted molar refractivity (Wildman–Crippen MR) is 79.4 cm³/mol. The van der Waals surface area contributed by atoms with E-state index in [0.717, 1.165) is 28.8 Å². The van der Waals surface area contributed by atoms with E-state index >= 15 is 0 Å². The van der Waals surface area contributed by atoms with E-state index in [9.17, 15) is 4.79 Å². The van der Waals surface area contributed by atoms with Gasteiger partial charge in [-0.3, -0.25) is 4.79 Å². The van der Waals surface area contributed by atoms with E-state index in [1.54, 1.807) is 0 Å². The van der Waals surface area contributed by atoms with Crippen LogP contribution in [0.1, 0.15) is 42.5 Å². The van der Waals surface area contributed by atoms with Crippen LogP contribution in [0.2, 0.25) is 0 Å². The van der Waals surface area contributed by atoms with Crippen LogP contribution < -0.4 is 4.90 Å². The van der Waals surface area contributed by atoms with Crippen LogP contribution in [-0.2, 0) is 0 Å². The molecule has 0 aromatic heterocycles. The summed E-state index contributed by atoms with van der Waals surface area (Å²) in [4.78, 5) is 13.0. The molecule has 3 heteroatoms. The summed E-state index contributed by atoms with van der Waals surface area (Å²) in [5.41, 5.74) is 1.89. The summed E-state index contributed by atoms with van der Waals surface area (Å²) in [6, 6.07) is 5.79. The summed E-state index contributed by atoms with van der Waals surface area (Å²) in [5, 5.41) is 0. The first-order chi connectivity index (χ1) is 8.70. The number of aldehydes is 1. The molecule has 18 heavy (non-hydrogen) atoms. The maximum atomic E-state index is 10.7. The largest absolute Gasteiger partial charge is 0.373 e. The number of halogens is 1. The number of carbonyl (C=O) groups is 1. The third kappa shape index (κ3) is 3.35. The summed E-state index contributed by atoms with van der Waals surface area (Å²) < 4.78 is 1.01. The average molecular weight is 310 g/mol. The smallest absolute Gasteiger partial charge is 0.150 e. The van der Waals surface area contributed by atoms with Crippen molar-refractivity contribution in [2.75, 3.05) is 18.5 Å². The molecule has 1 aliphatic carbocycles. The van der Waals surface area contributed by atoms with Crippen LogP contribution >= 0.6 is 15.9 Å². The van der Waals surface area contributed by atoms with Crippen molar-refractivity contribution in [3.63, 3.8) is 0 Å². The summed E-state index contributed by atoms with van der Waals surface area (Å²) in [6.07, 6.45) is 7.75. The van der Waals surface area contributed by atoms with Gasteiger partial charge in [0.15, 0.2) is 0 Å². The Hall–Kier alpha value is -0.830. The predicted octanol–water partition coefficient (Wildman–Crippen LogP) is 4.28. The van der Waals surface area contributed by atoms with Crippen molar-refractivity contribution in [3.8, 4) is 0 Å². The third-order valence-corrected chi connectivity index (χ3v) is 4.41. The Morgan fingerprint density at radius 3 is 2.67 bits per heavy atom. The SMILES string of the molecule is CN(CC1CCCCC1)c1ccc(C=O)cc1Br. The average Bonchev–Trinajstić information content (AvgIpc) is 2.39. The molecule has 1 aromatic rings. The minimum Gasteiger partial charge on any atom is -0.373 e. The number of carbonyl (C=O) groups excluding carboxylic acids is 1. The second-order valence-electron chi connectivity index (χ2n) is 5.21. The molecule has 0 amide bonds. The molecule has 0 saturated heterocycles. The Morgan fingerprint density at radius 1 is 1.33 bits per heavy atom. The third-order valence-electron chi connectivity index (χ3n) is 3.78. The molecular weight excluding hydrogens is 290 g/mol. The van der Waals surface area contributed by atoms with Crippen LogP contribution in [-0.4, -0.2) is 19.9 Å². The maximum absolute atomic E-state index is 10.7. The van der Waals surface area contributed by atoms with Gasteiger partial charge in [-0.05, 0) is 52.9 Å². The fraction of sp³-hybridized carbons (Fsp3) is 0.533. The van der Waals surface area contributed by atoms with Gasteiger partial charge in [0, 0.05) is 23.6 Å². The molecule has 98 valence electrons. The standard InChI is InChI=1S/C15H20BrNO/c1-17(10-12-5-3-2-4-6-12)15-8-7-13(11-18)9-14(15)16/h7-9,11-12H,2-6,10H2,1H3. The number of anilines is 1. The summed E-state index contributed by atoms with van der Waals surface area (Å²) in [7, 11) is 2.13. The highest BCUT2D eigenvalue weighted by atomic mass is 79.9. The first-order valence-electron chi connectivity index (χ1n) is 6.66. The number of rotatable bonds is 4. The summed E-state index contributed by atoms with van der Waals surface area (Å²) >= 11 is 3.55. The highest BCUT2D eigenvalue weighted by Crippen LogP contribution is 2.30. The Bertz CT molecular complexity index is 413. The highest BCUT2D eigenvalue weighted by Gasteiger charge is 2.16. The number of hydrogen-bond donors (Lipinski definition) is 0. The van der Waals surface area contributed by atoms with Gasteiger partial charge in [0.05, 0.1) is 5.69 Å². The van der Waals surface area contributed by atoms with Gasteiger partial charge in [-0.15, -0.1) is 0 Å². The minimum absolute atomic E-state index is 0.719. The van der Waals surface area contributed by atoms with Crippen molar-refractivity contribution < 1.29 is 4.79 Å². The van der Waals surface area contributed by atoms with Gasteiger partial charge in [0.25, 0.3) is 0 Å². The Morgan fingerprint density at radius 2 is 2.06 bits per heavy atom. The molecule has 0 aliphatic heterocycles. The van der Waals surface area contributed by atoms with Crippen molar-refractivity contribution in [1.82, 2.24) is 0 Å². The second kappa shape index (κ2) is 6.37. The van der Waals surface area contributed by atoms with Gasteiger partial charge in [-0.2, -0.15) is 0 Å². The quantitative estimate of drug-likeness (QED) is 0.774. The molecule has 1 saturated carbocycles. The van der Waals surface area contributed by atoms with Crippen LogP contribution in [0.5, 0.6) is 0 Å². The molecule has 0 bridgehead atoms. The zero-order valence-corrected chi connectivity index (χ0v) is 12.4. The number of nitrogens with zero attached hydrogens (tertiary/aromatic N) is 1. The van der Waals surface area contributed by atoms with E-state index < -0.39 is 0 Å². The van der Waals surface area contributed by atoms with Crippen molar-refractivity contribution in [3.05, 3.63) is 28.2 Å². The van der Waals surface area contributed by atoms with Gasteiger partial charge in [0.1, 0.15) is 6.29 Å². The molecule has 1 fully saturated rings. The molecule has 1 aliphatic rings. The first-order valence-corrected chi connectivity index (χ1v) is 7.46. The molecule has 2 rings (SSSR count). The van der Waals surface area contributed by atoms with Gasteiger partial charge in [0.2, 0.25) is 0 Å². The normalized spacial score (nSPS) is 16.6. The van der Waals surface area contributed by atoms with Gasteiger partial charge < -0.3 is 4.90 Å². The monoisotopic (exact) mass is 309 g/mol. The topological polar surface area (TPSA) is 20.3 Å². The van der Waals surface area contributed by atoms with Crippen LogP contribution in [0.15, 0.2) is 22.7 Å². The maximum Gasteiger partial charge on any atom is 0.150 e. The fourth-order valence-electron chi connectivity index (χ4n) is 2.76. The molecular formula is C15H20BrNO. The fourth-order valence-corrected chi connectivity index (χ4v) is 3.46. The van der Waals surface area contributed by atoms with Crippen LogP contribution in [0.3, 0.4) is 0 Å². The molecule has 0 unspecified atom stereocenters. The lowest BCUT2D eigenvalue weighted by Crippen LogP contribution is -2.27. The highest BCUT2D eigenvalue weighted by molar-refractivity contribution is 9.10. The molecule has 0 atom stereocenters. The van der Waals surface area contributed by atoms with Crippen molar-refractivity contribution in [2.45, 2.75) is 32.1 Å². The Labute approximate surface area is 117 Å². The minimum atomic E-state index is 0.719. The molecule has 0 spiro atoms. The van der Waals surface area contributed by atoms with Crippen molar-refractivity contribution in [1.29, 1.82) is 0 Å². The van der Waals surface area contributed by atoms with E-state index in [1.165, 1.54) is 37.8 Å². The Kier molecular flexibility index (Phi) is 4.81. The second-order valence-corrected chi connectivity index (χ2v) is 6.07. The van der Waals surface area contributed by atoms with E-state index in [0.29, 0.717) is 0 Å².